The highest BCUT2D eigenvalue weighted by Gasteiger charge is 2.31. The Labute approximate surface area is 85.3 Å². The van der Waals surface area contributed by atoms with Gasteiger partial charge < -0.3 is 22.8 Å². The molecular weight excluding hydrogens is 190 g/mol. The molecule has 0 saturated carbocycles. The number of hydrogen-bond acceptors (Lipinski definition) is 1. The molecule has 0 radical (unpaired) electrons. The summed E-state index contributed by atoms with van der Waals surface area (Å²) in [7, 11) is 0. The molecule has 1 saturated heterocycles. The van der Waals surface area contributed by atoms with Gasteiger partial charge in [-0.3, -0.25) is 0 Å². The minimum atomic E-state index is -0.652. The van der Waals surface area contributed by atoms with E-state index in [1.165, 1.54) is 6.42 Å². The average Bonchev–Trinajstić information content (AvgIpc) is 2.04. The van der Waals surface area contributed by atoms with Crippen LogP contribution in [0.4, 0.5) is 0 Å². The molecule has 0 unspecified atom stereocenters. The SMILES string of the molecule is CC(C)[C@H]1CCC[C@@H](C(=O)O)[NH2+]1.[Cl-]. The van der Waals surface area contributed by atoms with Crippen molar-refractivity contribution in [1.29, 1.82) is 0 Å². The van der Waals surface area contributed by atoms with Crippen LogP contribution in [0.3, 0.4) is 0 Å². The number of halogens is 1. The molecule has 2 atom stereocenters. The molecule has 1 aliphatic rings. The summed E-state index contributed by atoms with van der Waals surface area (Å²) in [6.07, 6.45) is 3.07. The minimum absolute atomic E-state index is 0. The van der Waals surface area contributed by atoms with E-state index in [0.29, 0.717) is 12.0 Å². The van der Waals surface area contributed by atoms with Crippen LogP contribution in [-0.4, -0.2) is 23.2 Å². The highest BCUT2D eigenvalue weighted by molar-refractivity contribution is 5.71. The third kappa shape index (κ3) is 3.53. The highest BCUT2D eigenvalue weighted by atomic mass is 35.5. The van der Waals surface area contributed by atoms with Crippen molar-refractivity contribution in [2.45, 2.75) is 45.2 Å². The lowest BCUT2D eigenvalue weighted by atomic mass is 9.91. The van der Waals surface area contributed by atoms with Crippen molar-refractivity contribution in [3.05, 3.63) is 0 Å². The molecule has 0 amide bonds. The molecule has 1 rings (SSSR count). The number of nitrogens with two attached hydrogens (primary N) is 1. The lowest BCUT2D eigenvalue weighted by Crippen LogP contribution is -3.00. The molecule has 0 spiro atoms. The molecule has 3 nitrogen and oxygen atoms in total. The zero-order valence-corrected chi connectivity index (χ0v) is 8.92. The molecule has 4 heteroatoms. The zero-order chi connectivity index (χ0) is 9.14. The van der Waals surface area contributed by atoms with Gasteiger partial charge in [0.05, 0.1) is 6.04 Å². The van der Waals surface area contributed by atoms with Crippen LogP contribution in [0.25, 0.3) is 0 Å². The van der Waals surface area contributed by atoms with Gasteiger partial charge in [0.25, 0.3) is 0 Å². The molecule has 78 valence electrons. The standard InChI is InChI=1S/C9H17NO2.ClH/c1-6(2)7-4-3-5-8(10-7)9(11)12;/h6-8,10H,3-5H2,1-2H3,(H,11,12);1H/t7-,8+;/m1./s1. The summed E-state index contributed by atoms with van der Waals surface area (Å²) in [6.45, 7) is 4.32. The third-order valence-corrected chi connectivity index (χ3v) is 2.71. The van der Waals surface area contributed by atoms with Crippen LogP contribution in [0.1, 0.15) is 33.1 Å². The van der Waals surface area contributed by atoms with E-state index in [4.69, 9.17) is 5.11 Å². The lowest BCUT2D eigenvalue weighted by molar-refractivity contribution is -0.724. The number of carbonyl (C=O) groups is 1. The third-order valence-electron chi connectivity index (χ3n) is 2.71. The second kappa shape index (κ2) is 5.45. The molecule has 0 bridgehead atoms. The lowest BCUT2D eigenvalue weighted by Gasteiger charge is -2.27. The zero-order valence-electron chi connectivity index (χ0n) is 8.16. The fraction of sp³-hybridized carbons (Fsp3) is 0.889. The normalized spacial score (nSPS) is 28.2. The molecular formula is C9H18ClNO2. The van der Waals surface area contributed by atoms with Crippen LogP contribution in [0, 0.1) is 5.92 Å². The Morgan fingerprint density at radius 3 is 2.54 bits per heavy atom. The molecule has 1 heterocycles. The van der Waals surface area contributed by atoms with Crippen LogP contribution >= 0.6 is 0 Å². The van der Waals surface area contributed by atoms with Crippen molar-refractivity contribution in [1.82, 2.24) is 0 Å². The summed E-state index contributed by atoms with van der Waals surface area (Å²) in [5.74, 6) is -0.0625. The second-order valence-electron chi connectivity index (χ2n) is 3.98. The second-order valence-corrected chi connectivity index (χ2v) is 3.98. The van der Waals surface area contributed by atoms with Crippen molar-refractivity contribution in [3.8, 4) is 0 Å². The van der Waals surface area contributed by atoms with E-state index in [2.05, 4.69) is 13.8 Å². The summed E-state index contributed by atoms with van der Waals surface area (Å²) in [5, 5.41) is 10.8. The predicted octanol–water partition coefficient (Wildman–Crippen LogP) is -2.78. The van der Waals surface area contributed by atoms with Crippen LogP contribution in [0.2, 0.25) is 0 Å². The van der Waals surface area contributed by atoms with Gasteiger partial charge in [0.1, 0.15) is 0 Å². The first-order valence-corrected chi connectivity index (χ1v) is 4.69. The van der Waals surface area contributed by atoms with Gasteiger partial charge >= 0.3 is 5.97 Å². The summed E-state index contributed by atoms with van der Waals surface area (Å²) < 4.78 is 0. The molecule has 0 aromatic heterocycles. The van der Waals surface area contributed by atoms with Crippen LogP contribution in [-0.2, 0) is 4.79 Å². The van der Waals surface area contributed by atoms with Gasteiger partial charge in [0.2, 0.25) is 0 Å². The number of hydrogen-bond donors (Lipinski definition) is 2. The van der Waals surface area contributed by atoms with Gasteiger partial charge in [-0.15, -0.1) is 0 Å². The first-order valence-electron chi connectivity index (χ1n) is 4.69. The van der Waals surface area contributed by atoms with E-state index >= 15 is 0 Å². The summed E-state index contributed by atoms with van der Waals surface area (Å²) in [4.78, 5) is 10.7. The Balaban J connectivity index is 0.00000144. The fourth-order valence-corrected chi connectivity index (χ4v) is 1.83. The minimum Gasteiger partial charge on any atom is -1.00 e. The Morgan fingerprint density at radius 1 is 1.46 bits per heavy atom. The first kappa shape index (κ1) is 12.7. The highest BCUT2D eigenvalue weighted by Crippen LogP contribution is 2.12. The number of carboxylic acid groups (broad SMARTS) is 1. The summed E-state index contributed by atoms with van der Waals surface area (Å²) in [6, 6.07) is 0.325. The van der Waals surface area contributed by atoms with E-state index in [1.54, 1.807) is 0 Å². The largest absolute Gasteiger partial charge is 1.00 e. The van der Waals surface area contributed by atoms with Gasteiger partial charge in [0, 0.05) is 12.3 Å². The van der Waals surface area contributed by atoms with Crippen LogP contribution in [0.15, 0.2) is 0 Å². The number of quaternary nitrogens is 1. The summed E-state index contributed by atoms with van der Waals surface area (Å²) in [5.41, 5.74) is 0. The maximum Gasteiger partial charge on any atom is 0.362 e. The van der Waals surface area contributed by atoms with Gasteiger partial charge in [-0.25, -0.2) is 4.79 Å². The Hall–Kier alpha value is -0.280. The number of piperidine rings is 1. The van der Waals surface area contributed by atoms with Gasteiger partial charge in [-0.05, 0) is 12.8 Å². The molecule has 0 aromatic rings. The Morgan fingerprint density at radius 2 is 2.08 bits per heavy atom. The maximum absolute atomic E-state index is 10.7. The van der Waals surface area contributed by atoms with Crippen molar-refractivity contribution in [2.75, 3.05) is 0 Å². The predicted molar refractivity (Wildman–Crippen MR) is 45.8 cm³/mol. The number of carboxylic acids is 1. The molecule has 0 aromatic carbocycles. The van der Waals surface area contributed by atoms with Crippen LogP contribution < -0.4 is 17.7 Å². The number of aliphatic carboxylic acids is 1. The average molecular weight is 208 g/mol. The van der Waals surface area contributed by atoms with Crippen LogP contribution in [0.5, 0.6) is 0 Å². The topological polar surface area (TPSA) is 53.9 Å². The van der Waals surface area contributed by atoms with E-state index in [-0.39, 0.29) is 18.4 Å². The van der Waals surface area contributed by atoms with E-state index in [0.717, 1.165) is 12.8 Å². The Kier molecular flexibility index (Phi) is 5.33. The van der Waals surface area contributed by atoms with E-state index in [1.807, 2.05) is 5.32 Å². The van der Waals surface area contributed by atoms with Gasteiger partial charge in [-0.1, -0.05) is 13.8 Å². The Bertz CT molecular complexity index is 173. The smallest absolute Gasteiger partial charge is 0.362 e. The summed E-state index contributed by atoms with van der Waals surface area (Å²) >= 11 is 0. The van der Waals surface area contributed by atoms with E-state index < -0.39 is 5.97 Å². The molecule has 1 aliphatic heterocycles. The molecule has 0 aliphatic carbocycles. The van der Waals surface area contributed by atoms with Crippen molar-refractivity contribution >= 4 is 5.97 Å². The van der Waals surface area contributed by atoms with Gasteiger partial charge in [0.15, 0.2) is 6.04 Å². The van der Waals surface area contributed by atoms with Crippen molar-refractivity contribution < 1.29 is 27.6 Å². The van der Waals surface area contributed by atoms with Gasteiger partial charge in [-0.2, -0.15) is 0 Å². The maximum atomic E-state index is 10.7. The van der Waals surface area contributed by atoms with E-state index in [9.17, 15) is 4.79 Å². The molecule has 1 fully saturated rings. The fourth-order valence-electron chi connectivity index (χ4n) is 1.83. The monoisotopic (exact) mass is 207 g/mol. The van der Waals surface area contributed by atoms with Crippen molar-refractivity contribution in [2.24, 2.45) is 5.92 Å². The molecule has 3 N–H and O–H groups in total. The molecule has 13 heavy (non-hydrogen) atoms. The quantitative estimate of drug-likeness (QED) is 0.515. The first-order chi connectivity index (χ1) is 5.61. The van der Waals surface area contributed by atoms with Crippen molar-refractivity contribution in [3.63, 3.8) is 0 Å². The number of rotatable bonds is 2.